The number of ether oxygens (including phenoxy) is 1. The SMILES string of the molecule is CC(Sc1ccc(Cl)cc1)C(=O)N/N=C/c1ccc(OCC(=O)Nc2ccccc2)cc1. The first kappa shape index (κ1) is 23.4. The summed E-state index contributed by atoms with van der Waals surface area (Å²) in [6, 6.07) is 23.5. The van der Waals surface area contributed by atoms with Crippen LogP contribution >= 0.6 is 23.4 Å². The van der Waals surface area contributed by atoms with E-state index in [1.807, 2.05) is 49.4 Å². The van der Waals surface area contributed by atoms with Crippen molar-refractivity contribution in [2.45, 2.75) is 17.1 Å². The van der Waals surface area contributed by atoms with Gasteiger partial charge in [0.1, 0.15) is 5.75 Å². The maximum atomic E-state index is 12.2. The minimum absolute atomic E-state index is 0.0957. The molecular weight excluding hydrogens is 446 g/mol. The Morgan fingerprint density at radius 3 is 2.41 bits per heavy atom. The lowest BCUT2D eigenvalue weighted by Gasteiger charge is -2.09. The van der Waals surface area contributed by atoms with Crippen molar-refractivity contribution in [3.63, 3.8) is 0 Å². The molecule has 3 aromatic rings. The molecule has 0 aliphatic rings. The predicted octanol–water partition coefficient (Wildman–Crippen LogP) is 4.99. The highest BCUT2D eigenvalue weighted by molar-refractivity contribution is 8.00. The zero-order valence-corrected chi connectivity index (χ0v) is 18.9. The molecule has 0 saturated heterocycles. The van der Waals surface area contributed by atoms with Crippen molar-refractivity contribution in [1.29, 1.82) is 0 Å². The molecule has 3 aromatic carbocycles. The van der Waals surface area contributed by atoms with Gasteiger partial charge in [-0.05, 0) is 73.2 Å². The number of rotatable bonds is 9. The highest BCUT2D eigenvalue weighted by Crippen LogP contribution is 2.24. The Hall–Kier alpha value is -3.29. The van der Waals surface area contributed by atoms with Gasteiger partial charge in [0.25, 0.3) is 11.8 Å². The van der Waals surface area contributed by atoms with E-state index in [0.717, 1.165) is 16.1 Å². The van der Waals surface area contributed by atoms with Gasteiger partial charge in [-0.25, -0.2) is 5.43 Å². The molecular formula is C24H22ClN3O3S. The third-order valence-electron chi connectivity index (χ3n) is 4.19. The Labute approximate surface area is 196 Å². The summed E-state index contributed by atoms with van der Waals surface area (Å²) >= 11 is 7.30. The van der Waals surface area contributed by atoms with E-state index in [0.29, 0.717) is 10.8 Å². The van der Waals surface area contributed by atoms with Crippen LogP contribution in [0.4, 0.5) is 5.69 Å². The molecule has 0 spiro atoms. The third-order valence-corrected chi connectivity index (χ3v) is 5.56. The molecule has 0 fully saturated rings. The van der Waals surface area contributed by atoms with Crippen LogP contribution in [0.25, 0.3) is 0 Å². The normalized spacial score (nSPS) is 11.7. The molecule has 2 amide bonds. The van der Waals surface area contributed by atoms with E-state index in [1.165, 1.54) is 11.8 Å². The Bertz CT molecular complexity index is 1060. The van der Waals surface area contributed by atoms with Crippen LogP contribution in [0.15, 0.2) is 88.9 Å². The van der Waals surface area contributed by atoms with Crippen LogP contribution in [0.2, 0.25) is 5.02 Å². The highest BCUT2D eigenvalue weighted by atomic mass is 35.5. The second kappa shape index (κ2) is 11.9. The van der Waals surface area contributed by atoms with E-state index in [4.69, 9.17) is 16.3 Å². The van der Waals surface area contributed by atoms with Crippen molar-refractivity contribution in [3.8, 4) is 5.75 Å². The summed E-state index contributed by atoms with van der Waals surface area (Å²) in [6.07, 6.45) is 1.55. The van der Waals surface area contributed by atoms with Gasteiger partial charge in [0.2, 0.25) is 0 Å². The molecule has 0 aliphatic heterocycles. The largest absolute Gasteiger partial charge is 0.484 e. The molecule has 6 nitrogen and oxygen atoms in total. The Morgan fingerprint density at radius 1 is 1.03 bits per heavy atom. The molecule has 0 aromatic heterocycles. The molecule has 1 unspecified atom stereocenters. The van der Waals surface area contributed by atoms with E-state index in [1.54, 1.807) is 42.6 Å². The molecule has 2 N–H and O–H groups in total. The summed E-state index contributed by atoms with van der Waals surface area (Å²) in [5.74, 6) is 0.114. The summed E-state index contributed by atoms with van der Waals surface area (Å²) in [4.78, 5) is 25.1. The van der Waals surface area contributed by atoms with Gasteiger partial charge in [-0.3, -0.25) is 9.59 Å². The number of carbonyl (C=O) groups is 2. The van der Waals surface area contributed by atoms with Gasteiger partial charge in [0.05, 0.1) is 11.5 Å². The fourth-order valence-electron chi connectivity index (χ4n) is 2.55. The number of hydrogen-bond acceptors (Lipinski definition) is 5. The van der Waals surface area contributed by atoms with Gasteiger partial charge in [0.15, 0.2) is 6.61 Å². The molecule has 3 rings (SSSR count). The maximum absolute atomic E-state index is 12.2. The van der Waals surface area contributed by atoms with Crippen LogP contribution in [-0.4, -0.2) is 29.9 Å². The lowest BCUT2D eigenvalue weighted by Crippen LogP contribution is -2.26. The number of para-hydroxylation sites is 1. The average Bonchev–Trinajstić information content (AvgIpc) is 2.80. The molecule has 0 radical (unpaired) electrons. The molecule has 8 heteroatoms. The second-order valence-corrected chi connectivity index (χ2v) is 8.57. The van der Waals surface area contributed by atoms with E-state index in [-0.39, 0.29) is 23.7 Å². The van der Waals surface area contributed by atoms with E-state index < -0.39 is 0 Å². The van der Waals surface area contributed by atoms with Crippen molar-refractivity contribution in [1.82, 2.24) is 5.43 Å². The Kier molecular flexibility index (Phi) is 8.71. The quantitative estimate of drug-likeness (QED) is 0.264. The first-order valence-electron chi connectivity index (χ1n) is 9.82. The van der Waals surface area contributed by atoms with E-state index >= 15 is 0 Å². The number of nitrogens with one attached hydrogen (secondary N) is 2. The first-order valence-corrected chi connectivity index (χ1v) is 11.1. The van der Waals surface area contributed by atoms with E-state index in [9.17, 15) is 9.59 Å². The summed E-state index contributed by atoms with van der Waals surface area (Å²) in [6.45, 7) is 1.71. The summed E-state index contributed by atoms with van der Waals surface area (Å²) in [5.41, 5.74) is 4.04. The summed E-state index contributed by atoms with van der Waals surface area (Å²) in [7, 11) is 0. The molecule has 32 heavy (non-hydrogen) atoms. The Balaban J connectivity index is 1.41. The molecule has 0 saturated carbocycles. The molecule has 1 atom stereocenters. The lowest BCUT2D eigenvalue weighted by molar-refractivity contribution is -0.120. The number of nitrogens with zero attached hydrogens (tertiary/aromatic N) is 1. The number of benzene rings is 3. The van der Waals surface area contributed by atoms with Crippen LogP contribution in [0.3, 0.4) is 0 Å². The molecule has 0 heterocycles. The number of hydrogen-bond donors (Lipinski definition) is 2. The number of amides is 2. The monoisotopic (exact) mass is 467 g/mol. The standard InChI is InChI=1S/C24H22ClN3O3S/c1-17(32-22-13-9-19(25)10-14-22)24(30)28-26-15-18-7-11-21(12-8-18)31-16-23(29)27-20-5-3-2-4-6-20/h2-15,17H,16H2,1H3,(H,27,29)(H,28,30)/b26-15+. The molecule has 0 aliphatic carbocycles. The summed E-state index contributed by atoms with van der Waals surface area (Å²) in [5, 5.41) is 7.10. The number of halogens is 1. The van der Waals surface area contributed by atoms with Crippen LogP contribution in [0.5, 0.6) is 5.75 Å². The van der Waals surface area contributed by atoms with Crippen LogP contribution in [0.1, 0.15) is 12.5 Å². The fourth-order valence-corrected chi connectivity index (χ4v) is 3.54. The fraction of sp³-hybridized carbons (Fsp3) is 0.125. The van der Waals surface area contributed by atoms with Gasteiger partial charge < -0.3 is 10.1 Å². The van der Waals surface area contributed by atoms with Gasteiger partial charge >= 0.3 is 0 Å². The predicted molar refractivity (Wildman–Crippen MR) is 130 cm³/mol. The second-order valence-electron chi connectivity index (χ2n) is 6.72. The number of carbonyl (C=O) groups excluding carboxylic acids is 2. The van der Waals surface area contributed by atoms with Crippen LogP contribution in [0, 0.1) is 0 Å². The average molecular weight is 468 g/mol. The van der Waals surface area contributed by atoms with Crippen molar-refractivity contribution >= 4 is 47.1 Å². The summed E-state index contributed by atoms with van der Waals surface area (Å²) < 4.78 is 5.50. The van der Waals surface area contributed by atoms with Crippen molar-refractivity contribution in [2.24, 2.45) is 5.10 Å². The van der Waals surface area contributed by atoms with Gasteiger partial charge in [0, 0.05) is 15.6 Å². The number of thioether (sulfide) groups is 1. The lowest BCUT2D eigenvalue weighted by atomic mass is 10.2. The van der Waals surface area contributed by atoms with Crippen LogP contribution < -0.4 is 15.5 Å². The first-order chi connectivity index (χ1) is 15.5. The molecule has 164 valence electrons. The minimum Gasteiger partial charge on any atom is -0.484 e. The van der Waals surface area contributed by atoms with Crippen LogP contribution in [-0.2, 0) is 9.59 Å². The highest BCUT2D eigenvalue weighted by Gasteiger charge is 2.13. The van der Waals surface area contributed by atoms with Crippen molar-refractivity contribution in [3.05, 3.63) is 89.4 Å². The maximum Gasteiger partial charge on any atom is 0.262 e. The smallest absolute Gasteiger partial charge is 0.262 e. The Morgan fingerprint density at radius 2 is 1.72 bits per heavy atom. The minimum atomic E-state index is -0.314. The van der Waals surface area contributed by atoms with Gasteiger partial charge in [-0.2, -0.15) is 5.10 Å². The van der Waals surface area contributed by atoms with Gasteiger partial charge in [-0.1, -0.05) is 29.8 Å². The van der Waals surface area contributed by atoms with Crippen molar-refractivity contribution in [2.75, 3.05) is 11.9 Å². The van der Waals surface area contributed by atoms with Crippen molar-refractivity contribution < 1.29 is 14.3 Å². The van der Waals surface area contributed by atoms with Gasteiger partial charge in [-0.15, -0.1) is 11.8 Å². The zero-order valence-electron chi connectivity index (χ0n) is 17.3. The van der Waals surface area contributed by atoms with E-state index in [2.05, 4.69) is 15.8 Å². The number of anilines is 1. The topological polar surface area (TPSA) is 79.8 Å². The third kappa shape index (κ3) is 7.76. The zero-order chi connectivity index (χ0) is 22.8. The molecule has 0 bridgehead atoms. The number of hydrazone groups is 1.